The maximum atomic E-state index is 12.9. The van der Waals surface area contributed by atoms with E-state index in [2.05, 4.69) is 36.1 Å². The third-order valence-electron chi connectivity index (χ3n) is 6.00. The van der Waals surface area contributed by atoms with Crippen molar-refractivity contribution in [1.29, 1.82) is 0 Å². The lowest BCUT2D eigenvalue weighted by Gasteiger charge is -2.39. The van der Waals surface area contributed by atoms with Crippen LogP contribution in [0, 0.1) is 24.7 Å². The number of nitrogens with one attached hydrogen (secondary N) is 1. The van der Waals surface area contributed by atoms with Gasteiger partial charge in [0.2, 0.25) is 0 Å². The summed E-state index contributed by atoms with van der Waals surface area (Å²) in [6, 6.07) is 6.11. The van der Waals surface area contributed by atoms with Crippen molar-refractivity contribution in [2.75, 3.05) is 11.9 Å². The molecule has 0 radical (unpaired) electrons. The molecule has 2 aromatic rings. The van der Waals surface area contributed by atoms with E-state index >= 15 is 0 Å². The number of nitrogens with zero attached hydrogens (tertiary/aromatic N) is 3. The number of anilines is 1. The second kappa shape index (κ2) is 5.66. The Morgan fingerprint density at radius 1 is 1.12 bits per heavy atom. The number of rotatable bonds is 1. The molecule has 5 nitrogen and oxygen atoms in total. The predicted octanol–water partition coefficient (Wildman–Crippen LogP) is 4.68. The van der Waals surface area contributed by atoms with Crippen molar-refractivity contribution in [3.63, 3.8) is 0 Å². The number of benzene rings is 1. The lowest BCUT2D eigenvalue weighted by atomic mass is 9.65. The molecule has 138 valence electrons. The molecule has 4 rings (SSSR count). The second-order valence-electron chi connectivity index (χ2n) is 9.37. The minimum Gasteiger partial charge on any atom is -0.321 e. The van der Waals surface area contributed by atoms with Gasteiger partial charge in [-0.15, -0.1) is 0 Å². The summed E-state index contributed by atoms with van der Waals surface area (Å²) < 4.78 is 0. The molecule has 1 saturated carbocycles. The molecule has 2 bridgehead atoms. The third-order valence-corrected chi connectivity index (χ3v) is 6.00. The van der Waals surface area contributed by atoms with Gasteiger partial charge in [0.1, 0.15) is 0 Å². The predicted molar refractivity (Wildman–Crippen MR) is 104 cm³/mol. The molecular weight excluding hydrogens is 324 g/mol. The summed E-state index contributed by atoms with van der Waals surface area (Å²) in [5.41, 5.74) is 4.87. The van der Waals surface area contributed by atoms with Gasteiger partial charge in [-0.25, -0.2) is 14.8 Å². The molecule has 2 heterocycles. The lowest BCUT2D eigenvalue weighted by Crippen LogP contribution is -2.40. The zero-order valence-corrected chi connectivity index (χ0v) is 16.4. The number of carbonyl (C=O) groups is 1. The molecule has 1 saturated heterocycles. The zero-order valence-electron chi connectivity index (χ0n) is 16.4. The number of hydrogen-bond donors (Lipinski definition) is 1. The zero-order chi connectivity index (χ0) is 18.7. The van der Waals surface area contributed by atoms with Crippen LogP contribution in [-0.2, 0) is 0 Å². The van der Waals surface area contributed by atoms with Crippen LogP contribution in [0.3, 0.4) is 0 Å². The summed E-state index contributed by atoms with van der Waals surface area (Å²) in [5.74, 6) is 0. The van der Waals surface area contributed by atoms with E-state index in [9.17, 15) is 4.79 Å². The Kier molecular flexibility index (Phi) is 3.76. The number of urea groups is 1. The van der Waals surface area contributed by atoms with E-state index in [4.69, 9.17) is 0 Å². The fourth-order valence-electron chi connectivity index (χ4n) is 5.20. The van der Waals surface area contributed by atoms with Crippen LogP contribution in [0.25, 0.3) is 11.0 Å². The fraction of sp³-hybridized carbons (Fsp3) is 0.571. The SMILES string of the molecule is Cc1nc2ccc(NC(=O)N3C[C@]4(C)C[C@H]3CC(C)(C)C4)cc2nc1C. The first kappa shape index (κ1) is 17.3. The third kappa shape index (κ3) is 3.04. The molecule has 1 N–H and O–H groups in total. The maximum absolute atomic E-state index is 12.9. The van der Waals surface area contributed by atoms with Gasteiger partial charge in [0.25, 0.3) is 0 Å². The molecule has 2 atom stereocenters. The van der Waals surface area contributed by atoms with Crippen molar-refractivity contribution >= 4 is 22.8 Å². The number of amides is 2. The molecule has 2 amide bonds. The molecule has 2 fully saturated rings. The molecule has 26 heavy (non-hydrogen) atoms. The van der Waals surface area contributed by atoms with Gasteiger partial charge < -0.3 is 10.2 Å². The summed E-state index contributed by atoms with van der Waals surface area (Å²) in [5, 5.41) is 3.09. The highest BCUT2D eigenvalue weighted by Gasteiger charge is 2.51. The van der Waals surface area contributed by atoms with Gasteiger partial charge in [0.15, 0.2) is 0 Å². The summed E-state index contributed by atoms with van der Waals surface area (Å²) in [6.45, 7) is 11.7. The van der Waals surface area contributed by atoms with Gasteiger partial charge in [-0.05, 0) is 62.1 Å². The smallest absolute Gasteiger partial charge is 0.321 e. The molecular formula is C21H28N4O. The van der Waals surface area contributed by atoms with Gasteiger partial charge >= 0.3 is 6.03 Å². The van der Waals surface area contributed by atoms with Crippen LogP contribution in [0.1, 0.15) is 51.4 Å². The van der Waals surface area contributed by atoms with Crippen molar-refractivity contribution in [2.45, 2.75) is 59.9 Å². The van der Waals surface area contributed by atoms with Crippen LogP contribution in [-0.4, -0.2) is 33.5 Å². The normalized spacial score (nSPS) is 27.0. The number of likely N-dealkylation sites (tertiary alicyclic amines) is 1. The molecule has 1 aliphatic carbocycles. The van der Waals surface area contributed by atoms with Crippen LogP contribution in [0.4, 0.5) is 10.5 Å². The van der Waals surface area contributed by atoms with Crippen molar-refractivity contribution in [3.8, 4) is 0 Å². The lowest BCUT2D eigenvalue weighted by molar-refractivity contribution is 0.130. The average Bonchev–Trinajstić information content (AvgIpc) is 2.78. The van der Waals surface area contributed by atoms with Gasteiger partial charge in [-0.3, -0.25) is 0 Å². The Balaban J connectivity index is 1.55. The first-order valence-corrected chi connectivity index (χ1v) is 9.47. The van der Waals surface area contributed by atoms with Gasteiger partial charge in [0, 0.05) is 18.3 Å². The van der Waals surface area contributed by atoms with Gasteiger partial charge in [-0.1, -0.05) is 20.8 Å². The molecule has 0 unspecified atom stereocenters. The summed E-state index contributed by atoms with van der Waals surface area (Å²) in [6.07, 6.45) is 3.38. The Hall–Kier alpha value is -2.17. The maximum Gasteiger partial charge on any atom is 0.322 e. The van der Waals surface area contributed by atoms with Crippen molar-refractivity contribution in [2.24, 2.45) is 10.8 Å². The number of carbonyl (C=O) groups excluding carboxylic acids is 1. The van der Waals surface area contributed by atoms with E-state index in [1.807, 2.05) is 36.9 Å². The molecule has 2 aliphatic rings. The quantitative estimate of drug-likeness (QED) is 0.811. The fourth-order valence-corrected chi connectivity index (χ4v) is 5.20. The minimum absolute atomic E-state index is 0.00701. The van der Waals surface area contributed by atoms with E-state index in [0.717, 1.165) is 47.5 Å². The van der Waals surface area contributed by atoms with E-state index in [1.54, 1.807) is 0 Å². The molecule has 1 aliphatic heterocycles. The van der Waals surface area contributed by atoms with Gasteiger partial charge in [-0.2, -0.15) is 0 Å². The van der Waals surface area contributed by atoms with Crippen LogP contribution in [0.2, 0.25) is 0 Å². The summed E-state index contributed by atoms with van der Waals surface area (Å²) >= 11 is 0. The first-order chi connectivity index (χ1) is 12.1. The largest absolute Gasteiger partial charge is 0.322 e. The molecule has 5 heteroatoms. The van der Waals surface area contributed by atoms with Crippen molar-refractivity contribution in [3.05, 3.63) is 29.6 Å². The number of aromatic nitrogens is 2. The van der Waals surface area contributed by atoms with E-state index in [0.29, 0.717) is 11.5 Å². The topological polar surface area (TPSA) is 58.1 Å². The van der Waals surface area contributed by atoms with E-state index in [-0.39, 0.29) is 11.4 Å². The van der Waals surface area contributed by atoms with E-state index in [1.165, 1.54) is 6.42 Å². The Morgan fingerprint density at radius 2 is 1.81 bits per heavy atom. The highest BCUT2D eigenvalue weighted by molar-refractivity contribution is 5.92. The Labute approximate surface area is 155 Å². The highest BCUT2D eigenvalue weighted by Crippen LogP contribution is 2.52. The second-order valence-corrected chi connectivity index (χ2v) is 9.37. The molecule has 1 aromatic carbocycles. The average molecular weight is 352 g/mol. The highest BCUT2D eigenvalue weighted by atomic mass is 16.2. The van der Waals surface area contributed by atoms with Crippen molar-refractivity contribution in [1.82, 2.24) is 14.9 Å². The summed E-state index contributed by atoms with van der Waals surface area (Å²) in [7, 11) is 0. The monoisotopic (exact) mass is 352 g/mol. The minimum atomic E-state index is 0.00701. The standard InChI is InChI=1S/C21H28N4O/c1-13-14(2)23-18-8-15(6-7-17(18)22-13)24-19(26)25-12-21(5)10-16(25)9-20(3,4)11-21/h6-8,16H,9-12H2,1-5H3,(H,24,26)/t16-,21-/m1/s1. The molecule has 1 aromatic heterocycles. The Bertz CT molecular complexity index is 891. The van der Waals surface area contributed by atoms with Crippen LogP contribution < -0.4 is 5.32 Å². The van der Waals surface area contributed by atoms with Crippen LogP contribution in [0.15, 0.2) is 18.2 Å². The number of aryl methyl sites for hydroxylation is 2. The van der Waals surface area contributed by atoms with Gasteiger partial charge in [0.05, 0.1) is 22.4 Å². The van der Waals surface area contributed by atoms with Crippen molar-refractivity contribution < 1.29 is 4.79 Å². The number of hydrogen-bond acceptors (Lipinski definition) is 3. The number of fused-ring (bicyclic) bond motifs is 3. The Morgan fingerprint density at radius 3 is 2.54 bits per heavy atom. The van der Waals surface area contributed by atoms with Crippen LogP contribution in [0.5, 0.6) is 0 Å². The van der Waals surface area contributed by atoms with E-state index < -0.39 is 0 Å². The summed E-state index contributed by atoms with van der Waals surface area (Å²) in [4.78, 5) is 24.1. The molecule has 0 spiro atoms. The first-order valence-electron chi connectivity index (χ1n) is 9.47. The van der Waals surface area contributed by atoms with Crippen LogP contribution >= 0.6 is 0 Å².